The molecule has 0 aliphatic heterocycles. The van der Waals surface area contributed by atoms with Gasteiger partial charge in [0.25, 0.3) is 5.91 Å². The van der Waals surface area contributed by atoms with Gasteiger partial charge in [0.05, 0.1) is 17.3 Å². The Morgan fingerprint density at radius 1 is 0.903 bits per heavy atom. The van der Waals surface area contributed by atoms with Crippen LogP contribution in [0, 0.1) is 0 Å². The average molecular weight is 412 g/mol. The van der Waals surface area contributed by atoms with Crippen molar-refractivity contribution >= 4 is 17.6 Å². The SMILES string of the molecule is C[C@H](OC(=O)c1ccccc1-c1ncc(-c2ccccc2)o1)C(=O)Nc1ccccc1. The van der Waals surface area contributed by atoms with Gasteiger partial charge in [-0.1, -0.05) is 60.7 Å². The highest BCUT2D eigenvalue weighted by atomic mass is 16.5. The van der Waals surface area contributed by atoms with E-state index in [9.17, 15) is 9.59 Å². The highest BCUT2D eigenvalue weighted by Gasteiger charge is 2.23. The van der Waals surface area contributed by atoms with Gasteiger partial charge in [-0.25, -0.2) is 9.78 Å². The topological polar surface area (TPSA) is 81.4 Å². The maximum Gasteiger partial charge on any atom is 0.339 e. The zero-order valence-corrected chi connectivity index (χ0v) is 16.8. The molecule has 1 N–H and O–H groups in total. The van der Waals surface area contributed by atoms with Crippen LogP contribution in [0.25, 0.3) is 22.8 Å². The molecule has 0 bridgehead atoms. The molecule has 6 nitrogen and oxygen atoms in total. The summed E-state index contributed by atoms with van der Waals surface area (Å²) in [7, 11) is 0. The molecule has 0 aliphatic carbocycles. The molecule has 0 spiro atoms. The molecule has 1 atom stereocenters. The summed E-state index contributed by atoms with van der Waals surface area (Å²) in [5.41, 5.74) is 2.27. The number of nitrogens with zero attached hydrogens (tertiary/aromatic N) is 1. The molecule has 6 heteroatoms. The minimum atomic E-state index is -0.981. The zero-order valence-electron chi connectivity index (χ0n) is 16.8. The van der Waals surface area contributed by atoms with Crippen molar-refractivity contribution < 1.29 is 18.7 Å². The van der Waals surface area contributed by atoms with E-state index >= 15 is 0 Å². The van der Waals surface area contributed by atoms with Crippen LogP contribution in [-0.4, -0.2) is 23.0 Å². The lowest BCUT2D eigenvalue weighted by Gasteiger charge is -2.14. The Hall–Kier alpha value is -4.19. The first-order chi connectivity index (χ1) is 15.1. The van der Waals surface area contributed by atoms with Gasteiger partial charge in [-0.15, -0.1) is 0 Å². The minimum absolute atomic E-state index is 0.267. The number of benzene rings is 3. The Morgan fingerprint density at radius 2 is 1.55 bits per heavy atom. The molecule has 0 radical (unpaired) electrons. The van der Waals surface area contributed by atoms with Gasteiger partial charge in [-0.05, 0) is 31.2 Å². The lowest BCUT2D eigenvalue weighted by atomic mass is 10.1. The van der Waals surface area contributed by atoms with Crippen molar-refractivity contribution in [2.45, 2.75) is 13.0 Å². The maximum absolute atomic E-state index is 12.8. The van der Waals surface area contributed by atoms with Crippen molar-refractivity contribution in [2.75, 3.05) is 5.32 Å². The molecule has 1 aromatic heterocycles. The van der Waals surface area contributed by atoms with Crippen LogP contribution in [0.1, 0.15) is 17.3 Å². The number of carbonyl (C=O) groups excluding carboxylic acids is 2. The van der Waals surface area contributed by atoms with Crippen LogP contribution in [0.15, 0.2) is 95.5 Å². The van der Waals surface area contributed by atoms with E-state index < -0.39 is 18.0 Å². The van der Waals surface area contributed by atoms with Gasteiger partial charge in [-0.2, -0.15) is 0 Å². The number of anilines is 1. The Kier molecular flexibility index (Phi) is 5.89. The molecule has 3 aromatic carbocycles. The molecular weight excluding hydrogens is 392 g/mol. The lowest BCUT2D eigenvalue weighted by molar-refractivity contribution is -0.123. The molecule has 1 amide bonds. The van der Waals surface area contributed by atoms with E-state index in [1.807, 2.05) is 48.5 Å². The van der Waals surface area contributed by atoms with Gasteiger partial charge < -0.3 is 14.5 Å². The van der Waals surface area contributed by atoms with Crippen LogP contribution >= 0.6 is 0 Å². The molecule has 0 saturated carbocycles. The quantitative estimate of drug-likeness (QED) is 0.441. The van der Waals surface area contributed by atoms with Crippen molar-refractivity contribution in [3.05, 3.63) is 96.7 Å². The first-order valence-corrected chi connectivity index (χ1v) is 9.79. The van der Waals surface area contributed by atoms with Gasteiger partial charge >= 0.3 is 5.97 Å². The Bertz CT molecular complexity index is 1190. The molecular formula is C25H20N2O4. The fraction of sp³-hybridized carbons (Fsp3) is 0.0800. The smallest absolute Gasteiger partial charge is 0.339 e. The number of amides is 1. The van der Waals surface area contributed by atoms with Gasteiger partial charge in [0, 0.05) is 11.3 Å². The number of ether oxygens (including phenoxy) is 1. The molecule has 4 rings (SSSR count). The second-order valence-electron chi connectivity index (χ2n) is 6.84. The van der Waals surface area contributed by atoms with Crippen molar-refractivity contribution in [2.24, 2.45) is 0 Å². The predicted molar refractivity (Wildman–Crippen MR) is 117 cm³/mol. The fourth-order valence-corrected chi connectivity index (χ4v) is 3.03. The van der Waals surface area contributed by atoms with Crippen molar-refractivity contribution in [3.63, 3.8) is 0 Å². The summed E-state index contributed by atoms with van der Waals surface area (Å²) < 4.78 is 11.3. The third-order valence-electron chi connectivity index (χ3n) is 4.64. The van der Waals surface area contributed by atoms with Crippen molar-refractivity contribution in [3.8, 4) is 22.8 Å². The third-order valence-corrected chi connectivity index (χ3v) is 4.64. The predicted octanol–water partition coefficient (Wildman–Crippen LogP) is 5.19. The fourth-order valence-electron chi connectivity index (χ4n) is 3.03. The van der Waals surface area contributed by atoms with Crippen LogP contribution < -0.4 is 5.32 Å². The summed E-state index contributed by atoms with van der Waals surface area (Å²) in [6.07, 6.45) is 0.633. The summed E-state index contributed by atoms with van der Waals surface area (Å²) in [4.78, 5) is 29.5. The molecule has 0 fully saturated rings. The van der Waals surface area contributed by atoms with Gasteiger partial charge in [0.1, 0.15) is 0 Å². The second kappa shape index (κ2) is 9.09. The molecule has 0 aliphatic rings. The van der Waals surface area contributed by atoms with E-state index in [-0.39, 0.29) is 5.56 Å². The standard InChI is InChI=1S/C25H20N2O4/c1-17(23(28)27-19-12-6-3-7-13-19)30-25(29)21-15-9-8-14-20(21)24-26-16-22(31-24)18-10-4-2-5-11-18/h2-17H,1H3,(H,27,28)/t17-/m0/s1. The zero-order chi connectivity index (χ0) is 21.6. The summed E-state index contributed by atoms with van der Waals surface area (Å²) in [6, 6.07) is 25.4. The number of aromatic nitrogens is 1. The largest absolute Gasteiger partial charge is 0.449 e. The highest BCUT2D eigenvalue weighted by Crippen LogP contribution is 2.28. The van der Waals surface area contributed by atoms with Crippen LogP contribution in [-0.2, 0) is 9.53 Å². The highest BCUT2D eigenvalue weighted by molar-refractivity contribution is 6.00. The number of carbonyl (C=O) groups is 2. The normalized spacial score (nSPS) is 11.5. The van der Waals surface area contributed by atoms with Crippen LogP contribution in [0.4, 0.5) is 5.69 Å². The van der Waals surface area contributed by atoms with E-state index in [1.165, 1.54) is 6.92 Å². The number of esters is 1. The van der Waals surface area contributed by atoms with E-state index in [1.54, 1.807) is 42.6 Å². The van der Waals surface area contributed by atoms with Crippen LogP contribution in [0.3, 0.4) is 0 Å². The Morgan fingerprint density at radius 3 is 2.29 bits per heavy atom. The Balaban J connectivity index is 1.51. The molecule has 0 unspecified atom stereocenters. The number of oxazole rings is 1. The van der Waals surface area contributed by atoms with Gasteiger partial charge in [0.15, 0.2) is 11.9 Å². The number of hydrogen-bond donors (Lipinski definition) is 1. The van der Waals surface area contributed by atoms with Gasteiger partial charge in [-0.3, -0.25) is 4.79 Å². The van der Waals surface area contributed by atoms with Crippen LogP contribution in [0.5, 0.6) is 0 Å². The first-order valence-electron chi connectivity index (χ1n) is 9.79. The molecule has 154 valence electrons. The second-order valence-corrected chi connectivity index (χ2v) is 6.84. The number of nitrogens with one attached hydrogen (secondary N) is 1. The summed E-state index contributed by atoms with van der Waals surface area (Å²) in [5, 5.41) is 2.72. The minimum Gasteiger partial charge on any atom is -0.449 e. The molecule has 4 aromatic rings. The molecule has 31 heavy (non-hydrogen) atoms. The summed E-state index contributed by atoms with van der Waals surface area (Å²) in [5.74, 6) is -0.160. The molecule has 0 saturated heterocycles. The number of rotatable bonds is 6. The lowest BCUT2D eigenvalue weighted by Crippen LogP contribution is -2.30. The van der Waals surface area contributed by atoms with E-state index in [4.69, 9.17) is 9.15 Å². The van der Waals surface area contributed by atoms with Crippen molar-refractivity contribution in [1.82, 2.24) is 4.98 Å². The van der Waals surface area contributed by atoms with E-state index in [0.717, 1.165) is 5.56 Å². The van der Waals surface area contributed by atoms with Crippen molar-refractivity contribution in [1.29, 1.82) is 0 Å². The number of hydrogen-bond acceptors (Lipinski definition) is 5. The first kappa shape index (κ1) is 20.1. The molecule has 1 heterocycles. The van der Waals surface area contributed by atoms with Gasteiger partial charge in [0.2, 0.25) is 5.89 Å². The summed E-state index contributed by atoms with van der Waals surface area (Å²) >= 11 is 0. The Labute approximate surface area is 179 Å². The number of para-hydroxylation sites is 1. The average Bonchev–Trinajstić information content (AvgIpc) is 3.30. The monoisotopic (exact) mass is 412 g/mol. The third kappa shape index (κ3) is 4.70. The maximum atomic E-state index is 12.8. The van der Waals surface area contributed by atoms with E-state index in [0.29, 0.717) is 22.9 Å². The summed E-state index contributed by atoms with van der Waals surface area (Å²) in [6.45, 7) is 1.53. The van der Waals surface area contributed by atoms with Crippen LogP contribution in [0.2, 0.25) is 0 Å². The van der Waals surface area contributed by atoms with E-state index in [2.05, 4.69) is 10.3 Å².